The first-order valence-electron chi connectivity index (χ1n) is 6.07. The fourth-order valence-electron chi connectivity index (χ4n) is 1.65. The normalized spacial score (nSPS) is 14.1. The maximum atomic E-state index is 11.7. The molecule has 0 rings (SSSR count). The minimum absolute atomic E-state index is 0. The van der Waals surface area contributed by atoms with Gasteiger partial charge in [-0.25, -0.2) is 0 Å². The monoisotopic (exact) mass is 250 g/mol. The molecule has 1 unspecified atom stereocenters. The third-order valence-corrected chi connectivity index (χ3v) is 2.54. The van der Waals surface area contributed by atoms with Crippen molar-refractivity contribution in [2.75, 3.05) is 0 Å². The van der Waals surface area contributed by atoms with E-state index in [1.165, 1.54) is 0 Å². The fraction of sp³-hybridized carbons (Fsp3) is 0.917. The Bertz CT molecular complexity index is 186. The predicted octanol–water partition coefficient (Wildman–Crippen LogP) is 2.48. The summed E-state index contributed by atoms with van der Waals surface area (Å²) in [5, 5.41) is 3.01. The minimum atomic E-state index is -0.351. The first kappa shape index (κ1) is 18.1. The Hall–Kier alpha value is -0.280. The molecular weight excluding hydrogens is 224 g/mol. The maximum Gasteiger partial charge on any atom is 0.237 e. The van der Waals surface area contributed by atoms with Crippen molar-refractivity contribution in [3.05, 3.63) is 0 Å². The molecule has 3 nitrogen and oxygen atoms in total. The van der Waals surface area contributed by atoms with Gasteiger partial charge in [0.25, 0.3) is 0 Å². The van der Waals surface area contributed by atoms with Crippen LogP contribution in [0.4, 0.5) is 0 Å². The molecule has 0 saturated carbocycles. The summed E-state index contributed by atoms with van der Waals surface area (Å²) in [5.41, 5.74) is 5.81. The molecule has 4 heteroatoms. The van der Waals surface area contributed by atoms with Crippen molar-refractivity contribution < 1.29 is 4.79 Å². The molecule has 1 amide bonds. The van der Waals surface area contributed by atoms with Gasteiger partial charge in [-0.15, -0.1) is 12.4 Å². The van der Waals surface area contributed by atoms with Crippen LogP contribution in [0.2, 0.25) is 0 Å². The zero-order valence-corrected chi connectivity index (χ0v) is 11.8. The van der Waals surface area contributed by atoms with Gasteiger partial charge in [-0.2, -0.15) is 0 Å². The molecule has 0 fully saturated rings. The fourth-order valence-corrected chi connectivity index (χ4v) is 1.65. The molecule has 0 bridgehead atoms. The second-order valence-electron chi connectivity index (χ2n) is 4.64. The van der Waals surface area contributed by atoms with E-state index in [1.807, 2.05) is 0 Å². The molecule has 0 aromatic heterocycles. The largest absolute Gasteiger partial charge is 0.352 e. The Balaban J connectivity index is 0. The zero-order chi connectivity index (χ0) is 11.8. The predicted molar refractivity (Wildman–Crippen MR) is 71.8 cm³/mol. The van der Waals surface area contributed by atoms with Gasteiger partial charge in [0.05, 0.1) is 6.04 Å². The number of hydrogen-bond donors (Lipinski definition) is 2. The van der Waals surface area contributed by atoms with Gasteiger partial charge in [0.15, 0.2) is 0 Å². The number of amides is 1. The molecule has 0 aliphatic heterocycles. The summed E-state index contributed by atoms with van der Waals surface area (Å²) in [7, 11) is 0. The SMILES string of the molecule is CCCC(CC)NC(=O)[C@@H](N)CC(C)C.Cl. The maximum absolute atomic E-state index is 11.7. The molecule has 0 aliphatic rings. The standard InChI is InChI=1S/C12H26N2O.ClH/c1-5-7-10(6-2)14-12(15)11(13)8-9(3)4;/h9-11H,5-8,13H2,1-4H3,(H,14,15);1H/t10?,11-;/m0./s1. The lowest BCUT2D eigenvalue weighted by Gasteiger charge is -2.20. The number of carbonyl (C=O) groups is 1. The number of rotatable bonds is 7. The smallest absolute Gasteiger partial charge is 0.237 e. The Morgan fingerprint density at radius 1 is 1.31 bits per heavy atom. The molecule has 16 heavy (non-hydrogen) atoms. The van der Waals surface area contributed by atoms with Crippen molar-refractivity contribution in [1.82, 2.24) is 5.32 Å². The summed E-state index contributed by atoms with van der Waals surface area (Å²) >= 11 is 0. The highest BCUT2D eigenvalue weighted by molar-refractivity contribution is 5.85. The van der Waals surface area contributed by atoms with Gasteiger partial charge in [-0.05, 0) is 25.2 Å². The molecule has 0 spiro atoms. The van der Waals surface area contributed by atoms with Crippen molar-refractivity contribution in [2.45, 2.75) is 65.5 Å². The molecule has 3 N–H and O–H groups in total. The van der Waals surface area contributed by atoms with Gasteiger partial charge < -0.3 is 11.1 Å². The third-order valence-electron chi connectivity index (χ3n) is 2.54. The molecule has 0 aromatic carbocycles. The molecule has 0 radical (unpaired) electrons. The average molecular weight is 251 g/mol. The summed E-state index contributed by atoms with van der Waals surface area (Å²) < 4.78 is 0. The second-order valence-corrected chi connectivity index (χ2v) is 4.64. The van der Waals surface area contributed by atoms with Crippen LogP contribution in [0, 0.1) is 5.92 Å². The van der Waals surface area contributed by atoms with Crippen LogP contribution in [0.5, 0.6) is 0 Å². The van der Waals surface area contributed by atoms with Crippen LogP contribution >= 0.6 is 12.4 Å². The minimum Gasteiger partial charge on any atom is -0.352 e. The van der Waals surface area contributed by atoms with Crippen molar-refractivity contribution in [3.8, 4) is 0 Å². The van der Waals surface area contributed by atoms with Gasteiger partial charge >= 0.3 is 0 Å². The lowest BCUT2D eigenvalue weighted by molar-refractivity contribution is -0.123. The summed E-state index contributed by atoms with van der Waals surface area (Å²) in [6.07, 6.45) is 3.87. The van der Waals surface area contributed by atoms with Crippen LogP contribution in [0.1, 0.15) is 53.4 Å². The highest BCUT2D eigenvalue weighted by Gasteiger charge is 2.17. The molecule has 98 valence electrons. The Morgan fingerprint density at radius 3 is 2.25 bits per heavy atom. The average Bonchev–Trinajstić information content (AvgIpc) is 2.15. The first-order valence-corrected chi connectivity index (χ1v) is 6.07. The molecular formula is C12H27ClN2O. The molecule has 0 aliphatic carbocycles. The van der Waals surface area contributed by atoms with Crippen LogP contribution in [0.25, 0.3) is 0 Å². The van der Waals surface area contributed by atoms with E-state index in [-0.39, 0.29) is 24.4 Å². The molecule has 0 aromatic rings. The summed E-state index contributed by atoms with van der Waals surface area (Å²) in [4.78, 5) is 11.7. The van der Waals surface area contributed by atoms with Gasteiger partial charge in [0.1, 0.15) is 0 Å². The van der Waals surface area contributed by atoms with E-state index < -0.39 is 0 Å². The van der Waals surface area contributed by atoms with E-state index in [0.29, 0.717) is 12.0 Å². The van der Waals surface area contributed by atoms with E-state index in [0.717, 1.165) is 25.7 Å². The second kappa shape index (κ2) is 9.91. The summed E-state index contributed by atoms with van der Waals surface area (Å²) in [6, 6.07) is -0.0587. The Kier molecular flexibility index (Phi) is 11.2. The van der Waals surface area contributed by atoms with E-state index in [2.05, 4.69) is 33.0 Å². The van der Waals surface area contributed by atoms with Crippen molar-refractivity contribution in [2.24, 2.45) is 11.7 Å². The highest BCUT2D eigenvalue weighted by atomic mass is 35.5. The number of halogens is 1. The summed E-state index contributed by atoms with van der Waals surface area (Å²) in [5.74, 6) is 0.473. The van der Waals surface area contributed by atoms with Crippen LogP contribution in [-0.4, -0.2) is 18.0 Å². The van der Waals surface area contributed by atoms with E-state index in [4.69, 9.17) is 5.73 Å². The van der Waals surface area contributed by atoms with Crippen LogP contribution in [0.3, 0.4) is 0 Å². The van der Waals surface area contributed by atoms with Gasteiger partial charge in [0, 0.05) is 6.04 Å². The number of carbonyl (C=O) groups excluding carboxylic acids is 1. The first-order chi connectivity index (χ1) is 7.01. The van der Waals surface area contributed by atoms with Gasteiger partial charge in [0.2, 0.25) is 5.91 Å². The van der Waals surface area contributed by atoms with Crippen LogP contribution in [0.15, 0.2) is 0 Å². The summed E-state index contributed by atoms with van der Waals surface area (Å²) in [6.45, 7) is 8.38. The van der Waals surface area contributed by atoms with Crippen LogP contribution < -0.4 is 11.1 Å². The molecule has 0 saturated heterocycles. The third kappa shape index (κ3) is 7.94. The Morgan fingerprint density at radius 2 is 1.88 bits per heavy atom. The van der Waals surface area contributed by atoms with E-state index in [9.17, 15) is 4.79 Å². The van der Waals surface area contributed by atoms with Gasteiger partial charge in [-0.1, -0.05) is 34.1 Å². The lowest BCUT2D eigenvalue weighted by Crippen LogP contribution is -2.45. The Labute approximate surface area is 106 Å². The van der Waals surface area contributed by atoms with Crippen molar-refractivity contribution in [3.63, 3.8) is 0 Å². The topological polar surface area (TPSA) is 55.1 Å². The van der Waals surface area contributed by atoms with Crippen molar-refractivity contribution >= 4 is 18.3 Å². The quantitative estimate of drug-likeness (QED) is 0.729. The highest BCUT2D eigenvalue weighted by Crippen LogP contribution is 2.05. The van der Waals surface area contributed by atoms with Crippen LogP contribution in [-0.2, 0) is 4.79 Å². The van der Waals surface area contributed by atoms with E-state index >= 15 is 0 Å². The number of nitrogens with two attached hydrogens (primary N) is 1. The zero-order valence-electron chi connectivity index (χ0n) is 11.0. The lowest BCUT2D eigenvalue weighted by atomic mass is 10.0. The number of hydrogen-bond acceptors (Lipinski definition) is 2. The van der Waals surface area contributed by atoms with E-state index in [1.54, 1.807) is 0 Å². The molecule has 0 heterocycles. The molecule has 2 atom stereocenters. The number of nitrogens with one attached hydrogen (secondary N) is 1. The van der Waals surface area contributed by atoms with Gasteiger partial charge in [-0.3, -0.25) is 4.79 Å². The van der Waals surface area contributed by atoms with Crippen molar-refractivity contribution in [1.29, 1.82) is 0 Å².